The van der Waals surface area contributed by atoms with E-state index in [1.165, 1.54) is 18.3 Å². The van der Waals surface area contributed by atoms with Crippen LogP contribution in [0.4, 0.5) is 5.13 Å². The molecule has 0 bridgehead atoms. The lowest BCUT2D eigenvalue weighted by Crippen LogP contribution is -2.08. The summed E-state index contributed by atoms with van der Waals surface area (Å²) in [5.74, 6) is -0.651. The molecule has 16 heavy (non-hydrogen) atoms. The number of esters is 1. The Morgan fingerprint density at radius 3 is 2.94 bits per heavy atom. The van der Waals surface area contributed by atoms with Gasteiger partial charge in [-0.3, -0.25) is 4.79 Å². The van der Waals surface area contributed by atoms with E-state index in [9.17, 15) is 9.59 Å². The molecule has 0 radical (unpaired) electrons. The molecule has 1 amide bonds. The number of rotatable bonds is 5. The number of hydrogen-bond acceptors (Lipinski definition) is 5. The number of ether oxygens (including phenoxy) is 1. The number of nitrogens with zero attached hydrogens (tertiary/aromatic N) is 1. The Hall–Kier alpha value is -1.43. The molecule has 0 aliphatic carbocycles. The minimum Gasteiger partial charge on any atom is -0.461 e. The van der Waals surface area contributed by atoms with Gasteiger partial charge in [0.05, 0.1) is 6.61 Å². The fraction of sp³-hybridized carbons (Fsp3) is 0.500. The van der Waals surface area contributed by atoms with Gasteiger partial charge in [0, 0.05) is 12.3 Å². The molecular formula is C10H14N2O3S. The van der Waals surface area contributed by atoms with Crippen molar-refractivity contribution in [2.45, 2.75) is 26.7 Å². The highest BCUT2D eigenvalue weighted by molar-refractivity contribution is 7.14. The Kier molecular flexibility index (Phi) is 4.91. The molecule has 5 nitrogen and oxygen atoms in total. The van der Waals surface area contributed by atoms with E-state index in [0.717, 1.165) is 12.8 Å². The second-order valence-electron chi connectivity index (χ2n) is 3.21. The van der Waals surface area contributed by atoms with Crippen LogP contribution in [0.1, 0.15) is 37.2 Å². The maximum Gasteiger partial charge on any atom is 0.357 e. The molecule has 0 spiro atoms. The summed E-state index contributed by atoms with van der Waals surface area (Å²) in [6.45, 7) is 3.81. The van der Waals surface area contributed by atoms with Gasteiger partial charge in [0.2, 0.25) is 5.91 Å². The van der Waals surface area contributed by atoms with Crippen molar-refractivity contribution in [2.75, 3.05) is 11.9 Å². The van der Waals surface area contributed by atoms with E-state index in [4.69, 9.17) is 4.74 Å². The van der Waals surface area contributed by atoms with E-state index < -0.39 is 5.97 Å². The van der Waals surface area contributed by atoms with Gasteiger partial charge in [-0.15, -0.1) is 11.3 Å². The second kappa shape index (κ2) is 6.22. The van der Waals surface area contributed by atoms with Gasteiger partial charge in [0.1, 0.15) is 0 Å². The highest BCUT2D eigenvalue weighted by Gasteiger charge is 2.12. The monoisotopic (exact) mass is 242 g/mol. The fourth-order valence-electron chi connectivity index (χ4n) is 0.959. The zero-order valence-corrected chi connectivity index (χ0v) is 10.1. The standard InChI is InChI=1S/C10H14N2O3S/c1-3-4-5-15-9(14)8-6-16-10(12-8)11-7(2)13/h6H,3-5H2,1-2H3,(H,11,12,13). The molecule has 6 heteroatoms. The lowest BCUT2D eigenvalue weighted by atomic mass is 10.4. The Labute approximate surface area is 97.8 Å². The first-order chi connectivity index (χ1) is 7.63. The third kappa shape index (κ3) is 3.98. The summed E-state index contributed by atoms with van der Waals surface area (Å²) in [6.07, 6.45) is 1.82. The molecule has 0 unspecified atom stereocenters. The number of nitrogens with one attached hydrogen (secondary N) is 1. The summed E-state index contributed by atoms with van der Waals surface area (Å²) in [5, 5.41) is 4.49. The molecule has 1 aromatic heterocycles. The highest BCUT2D eigenvalue weighted by atomic mass is 32.1. The topological polar surface area (TPSA) is 68.3 Å². The minimum absolute atomic E-state index is 0.208. The number of aromatic nitrogens is 1. The first-order valence-corrected chi connectivity index (χ1v) is 5.91. The smallest absolute Gasteiger partial charge is 0.357 e. The van der Waals surface area contributed by atoms with E-state index in [2.05, 4.69) is 10.3 Å². The van der Waals surface area contributed by atoms with Crippen LogP contribution >= 0.6 is 11.3 Å². The summed E-state index contributed by atoms with van der Waals surface area (Å²) >= 11 is 1.20. The Morgan fingerprint density at radius 2 is 2.31 bits per heavy atom. The quantitative estimate of drug-likeness (QED) is 0.634. The minimum atomic E-state index is -0.443. The van der Waals surface area contributed by atoms with Gasteiger partial charge in [-0.2, -0.15) is 0 Å². The lowest BCUT2D eigenvalue weighted by molar-refractivity contribution is -0.114. The molecule has 0 aliphatic rings. The number of thiazole rings is 1. The van der Waals surface area contributed by atoms with Crippen molar-refractivity contribution in [3.63, 3.8) is 0 Å². The summed E-state index contributed by atoms with van der Waals surface area (Å²) in [4.78, 5) is 26.1. The average molecular weight is 242 g/mol. The second-order valence-corrected chi connectivity index (χ2v) is 4.07. The van der Waals surface area contributed by atoms with Crippen molar-refractivity contribution in [1.29, 1.82) is 0 Å². The fourth-order valence-corrected chi connectivity index (χ4v) is 1.68. The maximum absolute atomic E-state index is 11.4. The van der Waals surface area contributed by atoms with Crippen LogP contribution < -0.4 is 5.32 Å². The van der Waals surface area contributed by atoms with Gasteiger partial charge in [0.25, 0.3) is 0 Å². The van der Waals surface area contributed by atoms with Gasteiger partial charge in [0.15, 0.2) is 10.8 Å². The van der Waals surface area contributed by atoms with Crippen LogP contribution in [0.25, 0.3) is 0 Å². The van der Waals surface area contributed by atoms with E-state index in [0.29, 0.717) is 11.7 Å². The van der Waals surface area contributed by atoms with Crippen molar-refractivity contribution < 1.29 is 14.3 Å². The van der Waals surface area contributed by atoms with Crippen molar-refractivity contribution in [2.24, 2.45) is 0 Å². The molecule has 0 atom stereocenters. The summed E-state index contributed by atoms with van der Waals surface area (Å²) in [7, 11) is 0. The Balaban J connectivity index is 2.49. The average Bonchev–Trinajstić information content (AvgIpc) is 2.65. The first-order valence-electron chi connectivity index (χ1n) is 5.03. The Morgan fingerprint density at radius 1 is 1.56 bits per heavy atom. The molecule has 0 saturated heterocycles. The zero-order valence-electron chi connectivity index (χ0n) is 9.28. The molecule has 1 heterocycles. The molecular weight excluding hydrogens is 228 g/mol. The predicted octanol–water partition coefficient (Wildman–Crippen LogP) is 2.06. The molecule has 0 saturated carbocycles. The highest BCUT2D eigenvalue weighted by Crippen LogP contribution is 2.15. The Bertz CT molecular complexity index is 376. The third-order valence-electron chi connectivity index (χ3n) is 1.73. The van der Waals surface area contributed by atoms with Gasteiger partial charge in [-0.1, -0.05) is 13.3 Å². The maximum atomic E-state index is 11.4. The van der Waals surface area contributed by atoms with E-state index in [-0.39, 0.29) is 11.6 Å². The molecule has 1 N–H and O–H groups in total. The lowest BCUT2D eigenvalue weighted by Gasteiger charge is -2.00. The van der Waals surface area contributed by atoms with Crippen molar-refractivity contribution >= 4 is 28.3 Å². The molecule has 1 rings (SSSR count). The van der Waals surface area contributed by atoms with Gasteiger partial charge in [-0.05, 0) is 6.42 Å². The predicted molar refractivity (Wildman–Crippen MR) is 61.6 cm³/mol. The zero-order chi connectivity index (χ0) is 12.0. The van der Waals surface area contributed by atoms with E-state index in [1.807, 2.05) is 6.92 Å². The van der Waals surface area contributed by atoms with Gasteiger partial charge in [-0.25, -0.2) is 9.78 Å². The molecule has 88 valence electrons. The van der Waals surface area contributed by atoms with Gasteiger partial charge >= 0.3 is 5.97 Å². The van der Waals surface area contributed by atoms with Gasteiger partial charge < -0.3 is 10.1 Å². The molecule has 0 fully saturated rings. The van der Waals surface area contributed by atoms with Crippen LogP contribution in [-0.2, 0) is 9.53 Å². The number of amides is 1. The van der Waals surface area contributed by atoms with Crippen LogP contribution in [0, 0.1) is 0 Å². The molecule has 0 aromatic carbocycles. The largest absolute Gasteiger partial charge is 0.461 e. The first kappa shape index (κ1) is 12.6. The summed E-state index contributed by atoms with van der Waals surface area (Å²) < 4.78 is 4.98. The van der Waals surface area contributed by atoms with Crippen LogP contribution in [0.5, 0.6) is 0 Å². The number of anilines is 1. The number of hydrogen-bond donors (Lipinski definition) is 1. The summed E-state index contributed by atoms with van der Waals surface area (Å²) in [5.41, 5.74) is 0.241. The van der Waals surface area contributed by atoms with Crippen LogP contribution in [0.2, 0.25) is 0 Å². The number of carbonyl (C=O) groups is 2. The van der Waals surface area contributed by atoms with Crippen LogP contribution in [0.3, 0.4) is 0 Å². The van der Waals surface area contributed by atoms with Crippen LogP contribution in [-0.4, -0.2) is 23.5 Å². The number of unbranched alkanes of at least 4 members (excludes halogenated alkanes) is 1. The van der Waals surface area contributed by atoms with E-state index >= 15 is 0 Å². The van der Waals surface area contributed by atoms with Crippen LogP contribution in [0.15, 0.2) is 5.38 Å². The third-order valence-corrected chi connectivity index (χ3v) is 2.49. The van der Waals surface area contributed by atoms with Crippen molar-refractivity contribution in [3.8, 4) is 0 Å². The molecule has 1 aromatic rings. The van der Waals surface area contributed by atoms with Crippen molar-refractivity contribution in [3.05, 3.63) is 11.1 Å². The summed E-state index contributed by atoms with van der Waals surface area (Å²) in [6, 6.07) is 0. The SMILES string of the molecule is CCCCOC(=O)c1csc(NC(C)=O)n1. The van der Waals surface area contributed by atoms with E-state index in [1.54, 1.807) is 5.38 Å². The molecule has 0 aliphatic heterocycles. The number of carbonyl (C=O) groups excluding carboxylic acids is 2. The van der Waals surface area contributed by atoms with Crippen molar-refractivity contribution in [1.82, 2.24) is 4.98 Å². The normalized spacial score (nSPS) is 9.88.